The fourth-order valence-corrected chi connectivity index (χ4v) is 4.90. The molecule has 3 aliphatic heterocycles. The van der Waals surface area contributed by atoms with Crippen LogP contribution in [0.5, 0.6) is 0 Å². The molecule has 1 aromatic rings. The van der Waals surface area contributed by atoms with E-state index in [0.29, 0.717) is 5.92 Å². The summed E-state index contributed by atoms with van der Waals surface area (Å²) in [6.45, 7) is 7.69. The van der Waals surface area contributed by atoms with Gasteiger partial charge in [-0.15, -0.1) is 0 Å². The summed E-state index contributed by atoms with van der Waals surface area (Å²) in [4.78, 5) is 4.99. The number of hydrogen-bond acceptors (Lipinski definition) is 1. The van der Waals surface area contributed by atoms with Gasteiger partial charge in [-0.25, -0.2) is 4.98 Å². The Bertz CT molecular complexity index is 975. The molecule has 0 amide bonds. The van der Waals surface area contributed by atoms with E-state index in [1.807, 2.05) is 0 Å². The standard InChI is InChI=1S/C23H24N2/c1-3-15(2)17-9-6-7-16-14-25-12-11-19-18-8-4-5-10-21(18)24-23(19)22(25)13-20(16)17/h4-5,8-12,16,20H,2-3,6-7,13-14H2,1H3. The minimum atomic E-state index is 0.617. The lowest BCUT2D eigenvalue weighted by molar-refractivity contribution is 0.260. The molecule has 25 heavy (non-hydrogen) atoms. The van der Waals surface area contributed by atoms with Gasteiger partial charge < -0.3 is 4.57 Å². The van der Waals surface area contributed by atoms with Crippen LogP contribution in [-0.4, -0.2) is 9.55 Å². The largest absolute Gasteiger partial charge is 0.349 e. The van der Waals surface area contributed by atoms with Crippen LogP contribution < -0.4 is 0 Å². The molecule has 2 nitrogen and oxygen atoms in total. The summed E-state index contributed by atoms with van der Waals surface area (Å²) < 4.78 is 2.47. The maximum atomic E-state index is 4.99. The highest BCUT2D eigenvalue weighted by atomic mass is 15.0. The van der Waals surface area contributed by atoms with Crippen molar-refractivity contribution >= 4 is 10.9 Å². The summed E-state index contributed by atoms with van der Waals surface area (Å²) in [7, 11) is 0. The number of rotatable bonds is 2. The van der Waals surface area contributed by atoms with Gasteiger partial charge in [0.05, 0.1) is 11.2 Å². The molecule has 0 fully saturated rings. The number of aromatic nitrogens is 2. The lowest BCUT2D eigenvalue weighted by atomic mass is 9.71. The monoisotopic (exact) mass is 328 g/mol. The molecule has 126 valence electrons. The van der Waals surface area contributed by atoms with Crippen molar-refractivity contribution < 1.29 is 0 Å². The van der Waals surface area contributed by atoms with E-state index in [0.717, 1.165) is 30.8 Å². The fraction of sp³-hybridized carbons (Fsp3) is 0.348. The first-order chi connectivity index (χ1) is 12.3. The smallest absolute Gasteiger partial charge is 0.0911 e. The average Bonchev–Trinajstić information content (AvgIpc) is 3.04. The van der Waals surface area contributed by atoms with Crippen molar-refractivity contribution in [3.05, 3.63) is 66.0 Å². The van der Waals surface area contributed by atoms with Crippen LogP contribution in [-0.2, 0) is 13.0 Å². The zero-order chi connectivity index (χ0) is 17.0. The van der Waals surface area contributed by atoms with E-state index in [1.165, 1.54) is 46.3 Å². The summed E-state index contributed by atoms with van der Waals surface area (Å²) in [6, 6.07) is 10.8. The predicted octanol–water partition coefficient (Wildman–Crippen LogP) is 5.62. The van der Waals surface area contributed by atoms with Crippen LogP contribution in [0.3, 0.4) is 0 Å². The van der Waals surface area contributed by atoms with E-state index >= 15 is 0 Å². The minimum Gasteiger partial charge on any atom is -0.349 e. The Morgan fingerprint density at radius 3 is 3.04 bits per heavy atom. The summed E-state index contributed by atoms with van der Waals surface area (Å²) >= 11 is 0. The number of para-hydroxylation sites is 1. The third-order valence-electron chi connectivity index (χ3n) is 6.27. The predicted molar refractivity (Wildman–Crippen MR) is 104 cm³/mol. The molecule has 0 N–H and O–H groups in total. The first kappa shape index (κ1) is 14.9. The second-order valence-corrected chi connectivity index (χ2v) is 7.57. The van der Waals surface area contributed by atoms with Gasteiger partial charge >= 0.3 is 0 Å². The Kier molecular flexibility index (Phi) is 3.34. The Morgan fingerprint density at radius 1 is 1.28 bits per heavy atom. The van der Waals surface area contributed by atoms with Gasteiger partial charge in [0.15, 0.2) is 0 Å². The third-order valence-corrected chi connectivity index (χ3v) is 6.27. The number of hydrogen-bond donors (Lipinski definition) is 0. The highest BCUT2D eigenvalue weighted by Crippen LogP contribution is 2.44. The van der Waals surface area contributed by atoms with Crippen molar-refractivity contribution in [1.29, 1.82) is 0 Å². The van der Waals surface area contributed by atoms with Crippen molar-refractivity contribution in [2.45, 2.75) is 39.2 Å². The second-order valence-electron chi connectivity index (χ2n) is 7.57. The number of fused-ring (bicyclic) bond motifs is 6. The molecule has 0 bridgehead atoms. The summed E-state index contributed by atoms with van der Waals surface area (Å²) in [5, 5.41) is 1.28. The Labute approximate surface area is 149 Å². The van der Waals surface area contributed by atoms with Crippen LogP contribution in [0.1, 0.15) is 31.9 Å². The van der Waals surface area contributed by atoms with Crippen molar-refractivity contribution in [2.24, 2.45) is 11.8 Å². The fourth-order valence-electron chi connectivity index (χ4n) is 4.90. The van der Waals surface area contributed by atoms with E-state index in [1.54, 1.807) is 0 Å². The first-order valence-corrected chi connectivity index (χ1v) is 9.51. The molecule has 1 aliphatic carbocycles. The molecular formula is C23H24N2. The number of nitrogens with zero attached hydrogens (tertiary/aromatic N) is 2. The molecule has 2 heteroatoms. The summed E-state index contributed by atoms with van der Waals surface area (Å²) in [6.07, 6.45) is 9.39. The molecule has 0 saturated carbocycles. The molecule has 3 heterocycles. The van der Waals surface area contributed by atoms with Gasteiger partial charge in [-0.3, -0.25) is 0 Å². The molecule has 0 radical (unpaired) electrons. The molecule has 4 aliphatic rings. The molecule has 1 aromatic carbocycles. The Balaban J connectivity index is 1.64. The molecule has 5 rings (SSSR count). The molecule has 0 saturated heterocycles. The summed E-state index contributed by atoms with van der Waals surface area (Å²) in [5.41, 5.74) is 7.89. The van der Waals surface area contributed by atoms with Crippen LogP contribution in [0.15, 0.2) is 60.3 Å². The van der Waals surface area contributed by atoms with Gasteiger partial charge in [-0.2, -0.15) is 0 Å². The maximum absolute atomic E-state index is 4.99. The highest BCUT2D eigenvalue weighted by Gasteiger charge is 2.35. The van der Waals surface area contributed by atoms with Crippen molar-refractivity contribution in [2.75, 3.05) is 0 Å². The van der Waals surface area contributed by atoms with Crippen molar-refractivity contribution in [1.82, 2.24) is 9.55 Å². The Hall–Kier alpha value is -2.35. The zero-order valence-electron chi connectivity index (χ0n) is 14.8. The quantitative estimate of drug-likeness (QED) is 0.597. The minimum absolute atomic E-state index is 0.617. The SMILES string of the molecule is C=C(CC)C1=CCCC2Cn3ccc4c5ccccc5nc-4c3CC12. The molecule has 0 spiro atoms. The molecule has 2 unspecified atom stereocenters. The van der Waals surface area contributed by atoms with Crippen molar-refractivity contribution in [3.8, 4) is 11.3 Å². The second kappa shape index (κ2) is 5.59. The zero-order valence-corrected chi connectivity index (χ0v) is 14.8. The van der Waals surface area contributed by atoms with Gasteiger partial charge in [0.25, 0.3) is 0 Å². The number of benzene rings is 1. The van der Waals surface area contributed by atoms with Gasteiger partial charge in [-0.05, 0) is 55.2 Å². The van der Waals surface area contributed by atoms with Gasteiger partial charge in [0, 0.05) is 29.4 Å². The summed E-state index contributed by atoms with van der Waals surface area (Å²) in [5.74, 6) is 1.36. The lowest BCUT2D eigenvalue weighted by Gasteiger charge is -2.39. The van der Waals surface area contributed by atoms with Crippen LogP contribution in [0, 0.1) is 11.8 Å². The van der Waals surface area contributed by atoms with E-state index in [9.17, 15) is 0 Å². The maximum Gasteiger partial charge on any atom is 0.0911 e. The normalized spacial score (nSPS) is 22.5. The van der Waals surface area contributed by atoms with E-state index in [2.05, 4.69) is 60.7 Å². The number of pyridine rings is 1. The lowest BCUT2D eigenvalue weighted by Crippen LogP contribution is -2.34. The molecular weight excluding hydrogens is 304 g/mol. The van der Waals surface area contributed by atoms with E-state index in [-0.39, 0.29) is 0 Å². The third kappa shape index (κ3) is 2.20. The van der Waals surface area contributed by atoms with E-state index in [4.69, 9.17) is 4.98 Å². The van der Waals surface area contributed by atoms with Crippen LogP contribution in [0.2, 0.25) is 0 Å². The average molecular weight is 328 g/mol. The van der Waals surface area contributed by atoms with Gasteiger partial charge in [0.1, 0.15) is 0 Å². The van der Waals surface area contributed by atoms with E-state index < -0.39 is 0 Å². The topological polar surface area (TPSA) is 17.8 Å². The molecule has 2 atom stereocenters. The first-order valence-electron chi connectivity index (χ1n) is 9.51. The Morgan fingerprint density at radius 2 is 2.16 bits per heavy atom. The van der Waals surface area contributed by atoms with Crippen LogP contribution in [0.4, 0.5) is 0 Å². The van der Waals surface area contributed by atoms with Crippen LogP contribution in [0.25, 0.3) is 22.2 Å². The molecule has 0 aromatic heterocycles. The van der Waals surface area contributed by atoms with Crippen LogP contribution >= 0.6 is 0 Å². The number of allylic oxidation sites excluding steroid dienone is 3. The van der Waals surface area contributed by atoms with Crippen molar-refractivity contribution in [3.63, 3.8) is 0 Å². The van der Waals surface area contributed by atoms with Gasteiger partial charge in [0.2, 0.25) is 0 Å². The van der Waals surface area contributed by atoms with Gasteiger partial charge in [-0.1, -0.05) is 43.4 Å². The highest BCUT2D eigenvalue weighted by molar-refractivity contribution is 5.97.